The summed E-state index contributed by atoms with van der Waals surface area (Å²) >= 11 is 0. The average Bonchev–Trinajstić information content (AvgIpc) is 3.31. The molecular formula is C17H26N4O4. The summed E-state index contributed by atoms with van der Waals surface area (Å²) in [6.07, 6.45) is 5.24. The standard InChI is InChI=1S/C17H26N4O4/c1-2-14-19-15(25-20-14)7-8-16(22)21-9-10-24-13(11-21)17(23)18-12-5-3-4-6-12/h12-13H,2-11H2,1H3,(H,18,23)/t13-/m1/s1. The van der Waals surface area contributed by atoms with Crippen LogP contribution in [0.2, 0.25) is 0 Å². The molecule has 1 aliphatic carbocycles. The molecule has 138 valence electrons. The minimum Gasteiger partial charge on any atom is -0.365 e. The third-order valence-electron chi connectivity index (χ3n) is 4.79. The van der Waals surface area contributed by atoms with E-state index >= 15 is 0 Å². The molecule has 0 spiro atoms. The Bertz CT molecular complexity index is 597. The maximum Gasteiger partial charge on any atom is 0.251 e. The molecule has 8 nitrogen and oxygen atoms in total. The zero-order valence-electron chi connectivity index (χ0n) is 14.7. The Morgan fingerprint density at radius 3 is 2.84 bits per heavy atom. The molecule has 0 unspecified atom stereocenters. The number of aromatic nitrogens is 2. The lowest BCUT2D eigenvalue weighted by Gasteiger charge is -2.32. The number of carbonyl (C=O) groups excluding carboxylic acids is 2. The zero-order chi connectivity index (χ0) is 17.6. The van der Waals surface area contributed by atoms with Crippen LogP contribution in [0.4, 0.5) is 0 Å². The fourth-order valence-electron chi connectivity index (χ4n) is 3.31. The second-order valence-corrected chi connectivity index (χ2v) is 6.65. The smallest absolute Gasteiger partial charge is 0.251 e. The van der Waals surface area contributed by atoms with E-state index in [1.807, 2.05) is 6.92 Å². The van der Waals surface area contributed by atoms with Gasteiger partial charge in [0.05, 0.1) is 13.2 Å². The van der Waals surface area contributed by atoms with Crippen LogP contribution < -0.4 is 5.32 Å². The van der Waals surface area contributed by atoms with E-state index in [9.17, 15) is 9.59 Å². The molecule has 1 aliphatic heterocycles. The molecule has 1 saturated heterocycles. The molecule has 1 saturated carbocycles. The van der Waals surface area contributed by atoms with Crippen LogP contribution >= 0.6 is 0 Å². The summed E-state index contributed by atoms with van der Waals surface area (Å²) in [6.45, 7) is 3.15. The van der Waals surface area contributed by atoms with Gasteiger partial charge in [-0.25, -0.2) is 0 Å². The molecule has 1 atom stereocenters. The van der Waals surface area contributed by atoms with Crippen molar-refractivity contribution in [2.45, 2.75) is 64.0 Å². The van der Waals surface area contributed by atoms with Crippen LogP contribution in [0.25, 0.3) is 0 Å². The van der Waals surface area contributed by atoms with Crippen LogP contribution in [-0.2, 0) is 27.2 Å². The predicted molar refractivity (Wildman–Crippen MR) is 88.7 cm³/mol. The second kappa shape index (κ2) is 8.42. The summed E-state index contributed by atoms with van der Waals surface area (Å²) < 4.78 is 10.7. The van der Waals surface area contributed by atoms with Crippen molar-refractivity contribution in [3.05, 3.63) is 11.7 Å². The van der Waals surface area contributed by atoms with Crippen molar-refractivity contribution >= 4 is 11.8 Å². The van der Waals surface area contributed by atoms with E-state index in [1.165, 1.54) is 0 Å². The van der Waals surface area contributed by atoms with E-state index in [4.69, 9.17) is 9.26 Å². The summed E-state index contributed by atoms with van der Waals surface area (Å²) in [7, 11) is 0. The number of ether oxygens (including phenoxy) is 1. The Kier molecular flexibility index (Phi) is 6.01. The molecule has 2 heterocycles. The first-order valence-electron chi connectivity index (χ1n) is 9.17. The average molecular weight is 350 g/mol. The summed E-state index contributed by atoms with van der Waals surface area (Å²) in [5, 5.41) is 6.87. The van der Waals surface area contributed by atoms with Crippen LogP contribution in [0.1, 0.15) is 50.7 Å². The van der Waals surface area contributed by atoms with Crippen molar-refractivity contribution in [3.63, 3.8) is 0 Å². The normalized spacial score (nSPS) is 21.5. The third-order valence-corrected chi connectivity index (χ3v) is 4.79. The van der Waals surface area contributed by atoms with Gasteiger partial charge < -0.3 is 19.5 Å². The lowest BCUT2D eigenvalue weighted by Crippen LogP contribution is -2.52. The quantitative estimate of drug-likeness (QED) is 0.817. The summed E-state index contributed by atoms with van der Waals surface area (Å²) in [5.41, 5.74) is 0. The van der Waals surface area contributed by atoms with Gasteiger partial charge in [0, 0.05) is 31.8 Å². The van der Waals surface area contributed by atoms with Crippen molar-refractivity contribution in [2.24, 2.45) is 0 Å². The number of carbonyl (C=O) groups is 2. The van der Waals surface area contributed by atoms with Gasteiger partial charge in [-0.05, 0) is 12.8 Å². The molecule has 1 N–H and O–H groups in total. The van der Waals surface area contributed by atoms with E-state index in [-0.39, 0.29) is 17.9 Å². The van der Waals surface area contributed by atoms with Gasteiger partial charge in [-0.15, -0.1) is 0 Å². The molecule has 1 aromatic heterocycles. The molecular weight excluding hydrogens is 324 g/mol. The largest absolute Gasteiger partial charge is 0.365 e. The number of nitrogens with one attached hydrogen (secondary N) is 1. The number of aryl methyl sites for hydroxylation is 2. The van der Waals surface area contributed by atoms with Crippen molar-refractivity contribution in [3.8, 4) is 0 Å². The second-order valence-electron chi connectivity index (χ2n) is 6.65. The Balaban J connectivity index is 1.46. The molecule has 25 heavy (non-hydrogen) atoms. The highest BCUT2D eigenvalue weighted by atomic mass is 16.5. The van der Waals surface area contributed by atoms with E-state index in [2.05, 4.69) is 15.5 Å². The lowest BCUT2D eigenvalue weighted by molar-refractivity contribution is -0.147. The van der Waals surface area contributed by atoms with Gasteiger partial charge in [-0.3, -0.25) is 9.59 Å². The van der Waals surface area contributed by atoms with E-state index in [0.29, 0.717) is 50.7 Å². The van der Waals surface area contributed by atoms with Crippen LogP contribution in [-0.4, -0.2) is 58.7 Å². The van der Waals surface area contributed by atoms with Gasteiger partial charge in [0.1, 0.15) is 0 Å². The minimum absolute atomic E-state index is 0.0155. The van der Waals surface area contributed by atoms with E-state index < -0.39 is 6.10 Å². The molecule has 2 amide bonds. The first-order chi connectivity index (χ1) is 12.2. The van der Waals surface area contributed by atoms with Crippen LogP contribution in [0.3, 0.4) is 0 Å². The van der Waals surface area contributed by atoms with Crippen molar-refractivity contribution < 1.29 is 18.8 Å². The lowest BCUT2D eigenvalue weighted by atomic mass is 10.2. The number of amides is 2. The SMILES string of the molecule is CCc1noc(CCC(=O)N2CCO[C@@H](C(=O)NC3CCCC3)C2)n1. The fraction of sp³-hybridized carbons (Fsp3) is 0.765. The van der Waals surface area contributed by atoms with E-state index in [0.717, 1.165) is 25.7 Å². The highest BCUT2D eigenvalue weighted by Gasteiger charge is 2.30. The molecule has 3 rings (SSSR count). The molecule has 0 radical (unpaired) electrons. The van der Waals surface area contributed by atoms with E-state index in [1.54, 1.807) is 4.90 Å². The number of morpholine rings is 1. The molecule has 2 aliphatic rings. The first kappa shape index (κ1) is 17.8. The van der Waals surface area contributed by atoms with Gasteiger partial charge in [-0.1, -0.05) is 24.9 Å². The maximum absolute atomic E-state index is 12.4. The number of nitrogens with zero attached hydrogens (tertiary/aromatic N) is 3. The molecule has 8 heteroatoms. The van der Waals surface area contributed by atoms with Gasteiger partial charge in [0.15, 0.2) is 11.9 Å². The third kappa shape index (κ3) is 4.78. The van der Waals surface area contributed by atoms with Gasteiger partial charge in [-0.2, -0.15) is 4.98 Å². The fourth-order valence-corrected chi connectivity index (χ4v) is 3.31. The summed E-state index contributed by atoms with van der Waals surface area (Å²) in [6, 6.07) is 0.257. The maximum atomic E-state index is 12.4. The Labute approximate surface area is 147 Å². The van der Waals surface area contributed by atoms with Crippen LogP contribution in [0.5, 0.6) is 0 Å². The number of rotatable bonds is 6. The van der Waals surface area contributed by atoms with Crippen LogP contribution in [0, 0.1) is 0 Å². The molecule has 0 bridgehead atoms. The van der Waals surface area contributed by atoms with Gasteiger partial charge in [0.25, 0.3) is 5.91 Å². The highest BCUT2D eigenvalue weighted by molar-refractivity contribution is 5.83. The Morgan fingerprint density at radius 2 is 2.12 bits per heavy atom. The zero-order valence-corrected chi connectivity index (χ0v) is 14.7. The monoisotopic (exact) mass is 350 g/mol. The van der Waals surface area contributed by atoms with Crippen molar-refractivity contribution in [1.82, 2.24) is 20.4 Å². The summed E-state index contributed by atoms with van der Waals surface area (Å²) in [4.78, 5) is 30.6. The Morgan fingerprint density at radius 1 is 1.32 bits per heavy atom. The minimum atomic E-state index is -0.576. The molecule has 1 aromatic rings. The van der Waals surface area contributed by atoms with Crippen molar-refractivity contribution in [1.29, 1.82) is 0 Å². The highest BCUT2D eigenvalue weighted by Crippen LogP contribution is 2.18. The van der Waals surface area contributed by atoms with Gasteiger partial charge >= 0.3 is 0 Å². The summed E-state index contributed by atoms with van der Waals surface area (Å²) in [5.74, 6) is 1.01. The van der Waals surface area contributed by atoms with Crippen molar-refractivity contribution in [2.75, 3.05) is 19.7 Å². The number of hydrogen-bond donors (Lipinski definition) is 1. The predicted octanol–water partition coefficient (Wildman–Crippen LogP) is 0.851. The molecule has 0 aromatic carbocycles. The Hall–Kier alpha value is -1.96. The molecule has 2 fully saturated rings. The topological polar surface area (TPSA) is 97.6 Å². The van der Waals surface area contributed by atoms with Gasteiger partial charge in [0.2, 0.25) is 11.8 Å². The van der Waals surface area contributed by atoms with Crippen LogP contribution in [0.15, 0.2) is 4.52 Å². The first-order valence-corrected chi connectivity index (χ1v) is 9.17. The number of hydrogen-bond acceptors (Lipinski definition) is 6.